The summed E-state index contributed by atoms with van der Waals surface area (Å²) in [4.78, 5) is 24.0. The van der Waals surface area contributed by atoms with Crippen molar-refractivity contribution in [3.8, 4) is 0 Å². The van der Waals surface area contributed by atoms with Crippen LogP contribution in [0.15, 0.2) is 0 Å². The Hall–Kier alpha value is -1.14. The number of nitrogens with one attached hydrogen (secondary N) is 2. The monoisotopic (exact) mass is 240 g/mol. The van der Waals surface area contributed by atoms with E-state index < -0.39 is 0 Å². The zero-order valence-electron chi connectivity index (χ0n) is 10.4. The highest BCUT2D eigenvalue weighted by Gasteiger charge is 2.39. The fraction of sp³-hybridized carbons (Fsp3) is 0.818. The molecule has 0 aromatic rings. The van der Waals surface area contributed by atoms with E-state index in [4.69, 9.17) is 0 Å². The highest BCUT2D eigenvalue weighted by atomic mass is 16.2. The number of hydrogen-bond acceptors (Lipinski definition) is 4. The van der Waals surface area contributed by atoms with E-state index in [1.54, 1.807) is 17.1 Å². The highest BCUT2D eigenvalue weighted by molar-refractivity contribution is 5.85. The molecule has 6 nitrogen and oxygen atoms in total. The van der Waals surface area contributed by atoms with Crippen LogP contribution >= 0.6 is 0 Å². The van der Waals surface area contributed by atoms with Gasteiger partial charge in [-0.15, -0.1) is 0 Å². The number of nitrogens with zero attached hydrogens (tertiary/aromatic N) is 2. The molecule has 96 valence electrons. The second kappa shape index (κ2) is 5.01. The van der Waals surface area contributed by atoms with Gasteiger partial charge in [0, 0.05) is 26.6 Å². The van der Waals surface area contributed by atoms with Gasteiger partial charge in [-0.2, -0.15) is 0 Å². The molecule has 2 saturated heterocycles. The second-order valence-corrected chi connectivity index (χ2v) is 4.62. The lowest BCUT2D eigenvalue weighted by Crippen LogP contribution is -2.61. The van der Waals surface area contributed by atoms with Crippen LogP contribution in [0.4, 0.5) is 0 Å². The van der Waals surface area contributed by atoms with Crippen molar-refractivity contribution in [1.29, 1.82) is 0 Å². The van der Waals surface area contributed by atoms with Crippen LogP contribution in [-0.2, 0) is 9.59 Å². The molecule has 2 aliphatic heterocycles. The first kappa shape index (κ1) is 12.3. The van der Waals surface area contributed by atoms with Crippen LogP contribution in [0.3, 0.4) is 0 Å². The SMILES string of the molecule is CNC1CNCC2CCCN(C(C)=O)N2C1=O. The van der Waals surface area contributed by atoms with Gasteiger partial charge in [0.1, 0.15) is 6.04 Å². The number of hydrogen-bond donors (Lipinski definition) is 2. The minimum Gasteiger partial charge on any atom is -0.313 e. The first-order valence-corrected chi connectivity index (χ1v) is 6.14. The number of rotatable bonds is 1. The van der Waals surface area contributed by atoms with Crippen molar-refractivity contribution < 1.29 is 9.59 Å². The molecule has 0 radical (unpaired) electrons. The lowest BCUT2D eigenvalue weighted by Gasteiger charge is -2.43. The van der Waals surface area contributed by atoms with E-state index in [1.165, 1.54) is 6.92 Å². The number of fused-ring (bicyclic) bond motifs is 1. The Morgan fingerprint density at radius 2 is 2.24 bits per heavy atom. The second-order valence-electron chi connectivity index (χ2n) is 4.62. The van der Waals surface area contributed by atoms with Gasteiger partial charge >= 0.3 is 0 Å². The predicted octanol–water partition coefficient (Wildman–Crippen LogP) is -1.07. The van der Waals surface area contributed by atoms with Crippen LogP contribution in [0.25, 0.3) is 0 Å². The van der Waals surface area contributed by atoms with Crippen molar-refractivity contribution in [1.82, 2.24) is 20.7 Å². The number of amides is 2. The maximum Gasteiger partial charge on any atom is 0.259 e. The largest absolute Gasteiger partial charge is 0.313 e. The molecular weight excluding hydrogens is 220 g/mol. The summed E-state index contributed by atoms with van der Waals surface area (Å²) >= 11 is 0. The minimum absolute atomic E-state index is 0.00241. The third kappa shape index (κ3) is 2.28. The zero-order chi connectivity index (χ0) is 12.4. The molecule has 2 aliphatic rings. The van der Waals surface area contributed by atoms with Crippen LogP contribution in [0.5, 0.6) is 0 Å². The quantitative estimate of drug-likeness (QED) is 0.613. The summed E-state index contributed by atoms with van der Waals surface area (Å²) in [5.41, 5.74) is 0. The Morgan fingerprint density at radius 3 is 2.88 bits per heavy atom. The Kier molecular flexibility index (Phi) is 3.63. The molecule has 0 aromatic carbocycles. The van der Waals surface area contributed by atoms with Crippen LogP contribution in [0.1, 0.15) is 19.8 Å². The van der Waals surface area contributed by atoms with Crippen molar-refractivity contribution in [2.24, 2.45) is 0 Å². The summed E-state index contributed by atoms with van der Waals surface area (Å²) in [6, 6.07) is -0.140. The van der Waals surface area contributed by atoms with Crippen LogP contribution in [-0.4, -0.2) is 60.6 Å². The molecule has 17 heavy (non-hydrogen) atoms. The minimum atomic E-state index is -0.250. The predicted molar refractivity (Wildman–Crippen MR) is 63.0 cm³/mol. The summed E-state index contributed by atoms with van der Waals surface area (Å²) in [6.45, 7) is 3.54. The average molecular weight is 240 g/mol. The van der Waals surface area contributed by atoms with Gasteiger partial charge in [0.2, 0.25) is 5.91 Å². The van der Waals surface area contributed by atoms with Gasteiger partial charge < -0.3 is 10.6 Å². The first-order valence-electron chi connectivity index (χ1n) is 6.14. The molecule has 0 aromatic heterocycles. The Bertz CT molecular complexity index is 321. The smallest absolute Gasteiger partial charge is 0.259 e. The fourth-order valence-corrected chi connectivity index (χ4v) is 2.57. The van der Waals surface area contributed by atoms with Crippen molar-refractivity contribution >= 4 is 11.8 Å². The number of carbonyl (C=O) groups excluding carboxylic acids is 2. The van der Waals surface area contributed by atoms with Gasteiger partial charge in [-0.3, -0.25) is 14.6 Å². The Morgan fingerprint density at radius 1 is 1.47 bits per heavy atom. The molecule has 0 bridgehead atoms. The van der Waals surface area contributed by atoms with E-state index in [0.717, 1.165) is 19.4 Å². The molecule has 2 unspecified atom stereocenters. The van der Waals surface area contributed by atoms with E-state index in [1.807, 2.05) is 0 Å². The van der Waals surface area contributed by atoms with Crippen LogP contribution in [0.2, 0.25) is 0 Å². The highest BCUT2D eigenvalue weighted by Crippen LogP contribution is 2.20. The van der Waals surface area contributed by atoms with Gasteiger partial charge in [0.05, 0.1) is 6.04 Å². The van der Waals surface area contributed by atoms with E-state index >= 15 is 0 Å². The summed E-state index contributed by atoms with van der Waals surface area (Å²) in [6.07, 6.45) is 1.92. The summed E-state index contributed by atoms with van der Waals surface area (Å²) in [5.74, 6) is -0.0581. The van der Waals surface area contributed by atoms with Crippen molar-refractivity contribution in [3.63, 3.8) is 0 Å². The zero-order valence-corrected chi connectivity index (χ0v) is 10.4. The molecule has 2 amide bonds. The number of hydrazine groups is 1. The van der Waals surface area contributed by atoms with E-state index in [2.05, 4.69) is 10.6 Å². The summed E-state index contributed by atoms with van der Waals surface area (Å²) in [5, 5.41) is 9.52. The molecule has 6 heteroatoms. The van der Waals surface area contributed by atoms with Gasteiger partial charge in [-0.05, 0) is 19.9 Å². The van der Waals surface area contributed by atoms with Crippen LogP contribution in [0, 0.1) is 0 Å². The standard InChI is InChI=1S/C11H20N4O2/c1-8(16)14-5-3-4-9-6-13-7-10(12-2)11(17)15(9)14/h9-10,12-13H,3-7H2,1-2H3. The molecule has 2 heterocycles. The normalized spacial score (nSPS) is 29.9. The lowest BCUT2D eigenvalue weighted by atomic mass is 10.1. The molecule has 2 atom stereocenters. The van der Waals surface area contributed by atoms with Gasteiger partial charge in [-0.1, -0.05) is 0 Å². The fourth-order valence-electron chi connectivity index (χ4n) is 2.57. The lowest BCUT2D eigenvalue weighted by molar-refractivity contribution is -0.173. The molecular formula is C11H20N4O2. The number of carbonyl (C=O) groups is 2. The summed E-state index contributed by atoms with van der Waals surface area (Å²) in [7, 11) is 1.77. The molecule has 0 saturated carbocycles. The maximum absolute atomic E-state index is 12.4. The van der Waals surface area contributed by atoms with Crippen LogP contribution < -0.4 is 10.6 Å². The van der Waals surface area contributed by atoms with Crippen molar-refractivity contribution in [3.05, 3.63) is 0 Å². The van der Waals surface area contributed by atoms with Gasteiger partial charge in [-0.25, -0.2) is 5.01 Å². The average Bonchev–Trinajstić information content (AvgIpc) is 2.48. The maximum atomic E-state index is 12.4. The van der Waals surface area contributed by atoms with Gasteiger partial charge in [0.25, 0.3) is 5.91 Å². The van der Waals surface area contributed by atoms with E-state index in [0.29, 0.717) is 13.1 Å². The molecule has 2 fully saturated rings. The van der Waals surface area contributed by atoms with E-state index in [9.17, 15) is 9.59 Å². The topological polar surface area (TPSA) is 64.7 Å². The molecule has 0 aliphatic carbocycles. The van der Waals surface area contributed by atoms with E-state index in [-0.39, 0.29) is 23.9 Å². The van der Waals surface area contributed by atoms with Gasteiger partial charge in [0.15, 0.2) is 0 Å². The molecule has 0 spiro atoms. The molecule has 2 rings (SSSR count). The third-order valence-corrected chi connectivity index (χ3v) is 3.48. The summed E-state index contributed by atoms with van der Waals surface area (Å²) < 4.78 is 0. The number of likely N-dealkylation sites (N-methyl/N-ethyl adjacent to an activating group) is 1. The molecule has 2 N–H and O–H groups in total. The Balaban J connectivity index is 2.24. The first-order chi connectivity index (χ1) is 8.15. The Labute approximate surface area is 101 Å². The van der Waals surface area contributed by atoms with Crippen molar-refractivity contribution in [2.75, 3.05) is 26.7 Å². The van der Waals surface area contributed by atoms with Crippen molar-refractivity contribution in [2.45, 2.75) is 31.8 Å². The third-order valence-electron chi connectivity index (χ3n) is 3.48.